The van der Waals surface area contributed by atoms with E-state index in [2.05, 4.69) is 10.6 Å². The Kier molecular flexibility index (Phi) is 5.76. The van der Waals surface area contributed by atoms with Crippen LogP contribution >= 0.6 is 12.2 Å². The zero-order valence-corrected chi connectivity index (χ0v) is 14.0. The van der Waals surface area contributed by atoms with Crippen molar-refractivity contribution in [2.45, 2.75) is 13.0 Å². The fourth-order valence-corrected chi connectivity index (χ4v) is 2.45. The predicted octanol–water partition coefficient (Wildman–Crippen LogP) is 3.89. The van der Waals surface area contributed by atoms with E-state index in [1.165, 1.54) is 12.1 Å². The van der Waals surface area contributed by atoms with Gasteiger partial charge in [0.1, 0.15) is 17.3 Å². The summed E-state index contributed by atoms with van der Waals surface area (Å²) in [5.41, 5.74) is 1.64. The van der Waals surface area contributed by atoms with Gasteiger partial charge in [0.15, 0.2) is 5.11 Å². The van der Waals surface area contributed by atoms with Crippen LogP contribution in [0.2, 0.25) is 0 Å². The average molecular weight is 334 g/mol. The van der Waals surface area contributed by atoms with Gasteiger partial charge >= 0.3 is 0 Å². The smallest absolute Gasteiger partial charge is 0.171 e. The summed E-state index contributed by atoms with van der Waals surface area (Å²) in [7, 11) is 3.23. The van der Waals surface area contributed by atoms with Crippen molar-refractivity contribution in [1.29, 1.82) is 0 Å². The summed E-state index contributed by atoms with van der Waals surface area (Å²) in [6.45, 7) is 1.97. The van der Waals surface area contributed by atoms with E-state index in [0.29, 0.717) is 10.8 Å². The van der Waals surface area contributed by atoms with Crippen LogP contribution in [-0.2, 0) is 0 Å². The van der Waals surface area contributed by atoms with Crippen LogP contribution < -0.4 is 20.1 Å². The van der Waals surface area contributed by atoms with Crippen LogP contribution in [0.5, 0.6) is 11.5 Å². The van der Waals surface area contributed by atoms with Crippen molar-refractivity contribution in [3.05, 3.63) is 53.8 Å². The second-order valence-electron chi connectivity index (χ2n) is 4.93. The van der Waals surface area contributed by atoms with E-state index in [-0.39, 0.29) is 11.9 Å². The largest absolute Gasteiger partial charge is 0.497 e. The molecule has 0 bridgehead atoms. The summed E-state index contributed by atoms with van der Waals surface area (Å²) in [6.07, 6.45) is 0. The molecule has 0 amide bonds. The lowest BCUT2D eigenvalue weighted by Crippen LogP contribution is -2.31. The third-order valence-electron chi connectivity index (χ3n) is 3.35. The first-order chi connectivity index (χ1) is 11.0. The molecule has 0 saturated carbocycles. The van der Waals surface area contributed by atoms with Crippen molar-refractivity contribution in [2.24, 2.45) is 0 Å². The van der Waals surface area contributed by atoms with Crippen LogP contribution in [0.4, 0.5) is 10.1 Å². The molecule has 0 heterocycles. The zero-order chi connectivity index (χ0) is 16.8. The summed E-state index contributed by atoms with van der Waals surface area (Å²) < 4.78 is 23.5. The van der Waals surface area contributed by atoms with Gasteiger partial charge in [0, 0.05) is 11.3 Å². The lowest BCUT2D eigenvalue weighted by Gasteiger charge is -2.20. The minimum atomic E-state index is -0.288. The second-order valence-corrected chi connectivity index (χ2v) is 5.34. The van der Waals surface area contributed by atoms with Crippen molar-refractivity contribution in [1.82, 2.24) is 5.32 Å². The van der Waals surface area contributed by atoms with Gasteiger partial charge in [-0.1, -0.05) is 0 Å². The molecule has 0 aromatic heterocycles. The molecule has 2 aromatic carbocycles. The van der Waals surface area contributed by atoms with Crippen molar-refractivity contribution >= 4 is 23.0 Å². The molecule has 0 aliphatic carbocycles. The van der Waals surface area contributed by atoms with Crippen molar-refractivity contribution in [3.63, 3.8) is 0 Å². The number of hydrogen-bond acceptors (Lipinski definition) is 3. The highest BCUT2D eigenvalue weighted by molar-refractivity contribution is 7.80. The van der Waals surface area contributed by atoms with Crippen molar-refractivity contribution < 1.29 is 13.9 Å². The van der Waals surface area contributed by atoms with Gasteiger partial charge in [0.05, 0.1) is 20.3 Å². The van der Waals surface area contributed by atoms with E-state index in [4.69, 9.17) is 21.7 Å². The summed E-state index contributed by atoms with van der Waals surface area (Å²) >= 11 is 5.30. The Labute approximate surface area is 140 Å². The Morgan fingerprint density at radius 1 is 1.09 bits per heavy atom. The van der Waals surface area contributed by atoms with E-state index < -0.39 is 0 Å². The third-order valence-corrected chi connectivity index (χ3v) is 3.57. The molecule has 0 fully saturated rings. The van der Waals surface area contributed by atoms with Gasteiger partial charge in [0.25, 0.3) is 0 Å². The monoisotopic (exact) mass is 334 g/mol. The van der Waals surface area contributed by atoms with Crippen LogP contribution in [0.1, 0.15) is 18.5 Å². The first-order valence-corrected chi connectivity index (χ1v) is 7.49. The lowest BCUT2D eigenvalue weighted by molar-refractivity contribution is 0.395. The number of ether oxygens (including phenoxy) is 2. The Morgan fingerprint density at radius 2 is 1.78 bits per heavy atom. The number of halogens is 1. The van der Waals surface area contributed by atoms with Gasteiger partial charge in [-0.15, -0.1) is 0 Å². The van der Waals surface area contributed by atoms with Crippen LogP contribution in [0.15, 0.2) is 42.5 Å². The summed E-state index contributed by atoms with van der Waals surface area (Å²) in [5.74, 6) is 1.20. The Morgan fingerprint density at radius 3 is 2.39 bits per heavy atom. The quantitative estimate of drug-likeness (QED) is 0.812. The molecule has 0 radical (unpaired) electrons. The van der Waals surface area contributed by atoms with Crippen LogP contribution in [0.3, 0.4) is 0 Å². The van der Waals surface area contributed by atoms with Crippen molar-refractivity contribution in [3.8, 4) is 11.5 Å². The van der Waals surface area contributed by atoms with Gasteiger partial charge in [-0.25, -0.2) is 4.39 Å². The molecule has 2 aromatic rings. The lowest BCUT2D eigenvalue weighted by atomic mass is 10.1. The Balaban J connectivity index is 2.07. The van der Waals surface area contributed by atoms with E-state index in [0.717, 1.165) is 17.1 Å². The maximum atomic E-state index is 12.9. The normalized spacial score (nSPS) is 11.5. The topological polar surface area (TPSA) is 42.5 Å². The fraction of sp³-hybridized carbons (Fsp3) is 0.235. The molecule has 0 aliphatic rings. The van der Waals surface area contributed by atoms with Gasteiger partial charge in [-0.3, -0.25) is 0 Å². The van der Waals surface area contributed by atoms with E-state index in [1.54, 1.807) is 26.4 Å². The number of anilines is 1. The molecule has 4 nitrogen and oxygen atoms in total. The van der Waals surface area contributed by atoms with Crippen molar-refractivity contribution in [2.75, 3.05) is 19.5 Å². The van der Waals surface area contributed by atoms with Gasteiger partial charge in [-0.2, -0.15) is 0 Å². The SMILES string of the molecule is COc1ccc(OC)c([C@H](C)NC(=S)Nc2ccc(F)cc2)c1. The van der Waals surface area contributed by atoms with Gasteiger partial charge < -0.3 is 20.1 Å². The first-order valence-electron chi connectivity index (χ1n) is 7.08. The van der Waals surface area contributed by atoms with E-state index in [9.17, 15) is 4.39 Å². The first kappa shape index (κ1) is 17.0. The van der Waals surface area contributed by atoms with Crippen LogP contribution in [0, 0.1) is 5.82 Å². The number of rotatable bonds is 5. The Bertz CT molecular complexity index is 677. The zero-order valence-electron chi connectivity index (χ0n) is 13.2. The third kappa shape index (κ3) is 4.56. The maximum Gasteiger partial charge on any atom is 0.171 e. The molecule has 122 valence electrons. The summed E-state index contributed by atoms with van der Waals surface area (Å²) in [4.78, 5) is 0. The highest BCUT2D eigenvalue weighted by atomic mass is 32.1. The maximum absolute atomic E-state index is 12.9. The molecule has 23 heavy (non-hydrogen) atoms. The van der Waals surface area contributed by atoms with E-state index in [1.807, 2.05) is 25.1 Å². The molecule has 0 aliphatic heterocycles. The molecule has 0 saturated heterocycles. The summed E-state index contributed by atoms with van der Waals surface area (Å²) in [5, 5.41) is 6.63. The van der Waals surface area contributed by atoms with Gasteiger partial charge in [-0.05, 0) is 61.6 Å². The highest BCUT2D eigenvalue weighted by Crippen LogP contribution is 2.29. The number of nitrogens with one attached hydrogen (secondary N) is 2. The Hall–Kier alpha value is -2.34. The number of methoxy groups -OCH3 is 2. The standard InChI is InChI=1S/C17H19FN2O2S/c1-11(15-10-14(21-2)8-9-16(15)22-3)19-17(23)20-13-6-4-12(18)5-7-13/h4-11H,1-3H3,(H2,19,20,23)/t11-/m0/s1. The number of benzene rings is 2. The van der Waals surface area contributed by atoms with Crippen LogP contribution in [-0.4, -0.2) is 19.3 Å². The highest BCUT2D eigenvalue weighted by Gasteiger charge is 2.14. The van der Waals surface area contributed by atoms with Crippen LogP contribution in [0.25, 0.3) is 0 Å². The minimum Gasteiger partial charge on any atom is -0.497 e. The molecule has 0 unspecified atom stereocenters. The molecule has 2 N–H and O–H groups in total. The molecule has 0 spiro atoms. The van der Waals surface area contributed by atoms with E-state index >= 15 is 0 Å². The molecular weight excluding hydrogens is 315 g/mol. The molecule has 6 heteroatoms. The summed E-state index contributed by atoms with van der Waals surface area (Å²) in [6, 6.07) is 11.5. The number of hydrogen-bond donors (Lipinski definition) is 2. The second kappa shape index (κ2) is 7.78. The molecule has 1 atom stereocenters. The fourth-order valence-electron chi connectivity index (χ4n) is 2.15. The average Bonchev–Trinajstić information content (AvgIpc) is 2.56. The minimum absolute atomic E-state index is 0.0968. The van der Waals surface area contributed by atoms with Gasteiger partial charge in [0.2, 0.25) is 0 Å². The molecule has 2 rings (SSSR count). The number of thiocarbonyl (C=S) groups is 1. The predicted molar refractivity (Wildman–Crippen MR) is 93.7 cm³/mol. The molecular formula is C17H19FN2O2S.